The van der Waals surface area contributed by atoms with Gasteiger partial charge in [0.1, 0.15) is 0 Å². The molecule has 0 aliphatic rings. The van der Waals surface area contributed by atoms with Crippen LogP contribution < -0.4 is 5.69 Å². The van der Waals surface area contributed by atoms with Crippen molar-refractivity contribution in [1.29, 1.82) is 0 Å². The van der Waals surface area contributed by atoms with Gasteiger partial charge in [-0.25, -0.2) is 4.79 Å². The molecule has 0 N–H and O–H groups in total. The topological polar surface area (TPSA) is 44.0 Å². The third-order valence-electron chi connectivity index (χ3n) is 5.09. The molecule has 0 atom stereocenters. The van der Waals surface area contributed by atoms with E-state index in [9.17, 15) is 9.59 Å². The first kappa shape index (κ1) is 18.0. The van der Waals surface area contributed by atoms with Crippen LogP contribution in [0.2, 0.25) is 0 Å². The molecule has 3 aromatic carbocycles. The average Bonchev–Trinajstić information content (AvgIpc) is 2.95. The van der Waals surface area contributed by atoms with Crippen molar-refractivity contribution in [2.24, 2.45) is 0 Å². The number of aryl methyl sites for hydroxylation is 2. The van der Waals surface area contributed by atoms with Gasteiger partial charge >= 0.3 is 5.69 Å². The van der Waals surface area contributed by atoms with E-state index in [0.717, 1.165) is 27.7 Å². The molecule has 0 saturated heterocycles. The van der Waals surface area contributed by atoms with Gasteiger partial charge in [0.2, 0.25) is 0 Å². The van der Waals surface area contributed by atoms with Gasteiger partial charge in [0.05, 0.1) is 24.1 Å². The molecular weight excluding hydrogens is 348 g/mol. The normalized spacial score (nSPS) is 11.1. The molecule has 4 heteroatoms. The summed E-state index contributed by atoms with van der Waals surface area (Å²) in [6.45, 7) is 4.45. The van der Waals surface area contributed by atoms with Gasteiger partial charge in [-0.2, -0.15) is 0 Å². The van der Waals surface area contributed by atoms with Crippen LogP contribution in [0.25, 0.3) is 11.0 Å². The van der Waals surface area contributed by atoms with E-state index in [1.165, 1.54) is 0 Å². The smallest absolute Gasteiger partial charge is 0.292 e. The number of hydrogen-bond acceptors (Lipinski definition) is 2. The van der Waals surface area contributed by atoms with Crippen LogP contribution in [0.3, 0.4) is 0 Å². The SMILES string of the molecule is Cc1ccc(C(=O)Cn2c(=O)n(Cc3ccccc3)c3ccccc32)c(C)c1. The minimum absolute atomic E-state index is 0.0328. The fourth-order valence-electron chi connectivity index (χ4n) is 3.70. The summed E-state index contributed by atoms with van der Waals surface area (Å²) in [7, 11) is 0. The predicted molar refractivity (Wildman–Crippen MR) is 112 cm³/mol. The van der Waals surface area contributed by atoms with Crippen LogP contribution >= 0.6 is 0 Å². The number of benzene rings is 3. The zero-order valence-electron chi connectivity index (χ0n) is 16.1. The lowest BCUT2D eigenvalue weighted by atomic mass is 10.0. The third-order valence-corrected chi connectivity index (χ3v) is 5.09. The Hall–Kier alpha value is -3.40. The highest BCUT2D eigenvalue weighted by Crippen LogP contribution is 2.17. The number of Topliss-reactive ketones (excluding diaryl/α,β-unsaturated/α-hetero) is 1. The molecule has 0 fully saturated rings. The first-order chi connectivity index (χ1) is 13.5. The first-order valence-corrected chi connectivity index (χ1v) is 9.37. The van der Waals surface area contributed by atoms with Crippen LogP contribution in [0.1, 0.15) is 27.0 Å². The summed E-state index contributed by atoms with van der Waals surface area (Å²) < 4.78 is 3.32. The zero-order valence-corrected chi connectivity index (χ0v) is 16.1. The fraction of sp³-hybridized carbons (Fsp3) is 0.167. The number of fused-ring (bicyclic) bond motifs is 1. The van der Waals surface area contributed by atoms with Crippen molar-refractivity contribution in [3.05, 3.63) is 106 Å². The van der Waals surface area contributed by atoms with E-state index in [-0.39, 0.29) is 18.0 Å². The number of ketones is 1. The fourth-order valence-corrected chi connectivity index (χ4v) is 3.70. The van der Waals surface area contributed by atoms with Gasteiger partial charge in [0.25, 0.3) is 0 Å². The molecule has 4 nitrogen and oxygen atoms in total. The highest BCUT2D eigenvalue weighted by molar-refractivity contribution is 5.98. The molecule has 0 unspecified atom stereocenters. The molecule has 1 aromatic heterocycles. The maximum atomic E-state index is 13.2. The Labute approximate surface area is 163 Å². The molecular formula is C24H22N2O2. The van der Waals surface area contributed by atoms with Gasteiger partial charge < -0.3 is 0 Å². The Bertz CT molecular complexity index is 1220. The summed E-state index contributed by atoms with van der Waals surface area (Å²) in [5.74, 6) is -0.0535. The standard InChI is InChI=1S/C24H22N2O2/c1-17-12-13-20(18(2)14-17)23(27)16-26-22-11-7-6-10-21(22)25(24(26)28)15-19-8-4-3-5-9-19/h3-14H,15-16H2,1-2H3. The van der Waals surface area contributed by atoms with Gasteiger partial charge in [-0.05, 0) is 37.1 Å². The van der Waals surface area contributed by atoms with Crippen molar-refractivity contribution in [2.45, 2.75) is 26.9 Å². The van der Waals surface area contributed by atoms with E-state index in [0.29, 0.717) is 12.1 Å². The molecule has 140 valence electrons. The van der Waals surface area contributed by atoms with Crippen molar-refractivity contribution in [3.63, 3.8) is 0 Å². The van der Waals surface area contributed by atoms with Crippen molar-refractivity contribution >= 4 is 16.8 Å². The minimum atomic E-state index is -0.164. The molecule has 0 aliphatic heterocycles. The lowest BCUT2D eigenvalue weighted by molar-refractivity contribution is 0.0971. The Kier molecular flexibility index (Phi) is 4.70. The van der Waals surface area contributed by atoms with Gasteiger partial charge in [0.15, 0.2) is 5.78 Å². The van der Waals surface area contributed by atoms with E-state index in [1.807, 2.05) is 86.6 Å². The van der Waals surface area contributed by atoms with Crippen LogP contribution in [-0.2, 0) is 13.1 Å². The van der Waals surface area contributed by atoms with E-state index in [4.69, 9.17) is 0 Å². The Morgan fingerprint density at radius 3 is 2.14 bits per heavy atom. The zero-order chi connectivity index (χ0) is 19.7. The lowest BCUT2D eigenvalue weighted by Gasteiger charge is -2.07. The largest absolute Gasteiger partial charge is 0.329 e. The molecule has 4 rings (SSSR count). The van der Waals surface area contributed by atoms with Crippen molar-refractivity contribution < 1.29 is 4.79 Å². The van der Waals surface area contributed by atoms with Gasteiger partial charge in [-0.15, -0.1) is 0 Å². The summed E-state index contributed by atoms with van der Waals surface area (Å²) in [6, 6.07) is 23.3. The molecule has 0 saturated carbocycles. The van der Waals surface area contributed by atoms with Crippen molar-refractivity contribution in [3.8, 4) is 0 Å². The molecule has 0 amide bonds. The Morgan fingerprint density at radius 2 is 1.46 bits per heavy atom. The van der Waals surface area contributed by atoms with E-state index >= 15 is 0 Å². The van der Waals surface area contributed by atoms with Crippen LogP contribution in [-0.4, -0.2) is 14.9 Å². The molecule has 28 heavy (non-hydrogen) atoms. The van der Waals surface area contributed by atoms with Crippen LogP contribution in [0.5, 0.6) is 0 Å². The Morgan fingerprint density at radius 1 is 0.821 bits per heavy atom. The predicted octanol–water partition coefficient (Wildman–Crippen LogP) is 4.35. The number of carbonyl (C=O) groups excluding carboxylic acids is 1. The number of nitrogens with zero attached hydrogens (tertiary/aromatic N) is 2. The average molecular weight is 370 g/mol. The number of para-hydroxylation sites is 2. The monoisotopic (exact) mass is 370 g/mol. The highest BCUT2D eigenvalue weighted by atomic mass is 16.2. The van der Waals surface area contributed by atoms with E-state index < -0.39 is 0 Å². The first-order valence-electron chi connectivity index (χ1n) is 9.37. The third kappa shape index (κ3) is 3.29. The van der Waals surface area contributed by atoms with Crippen LogP contribution in [0, 0.1) is 13.8 Å². The van der Waals surface area contributed by atoms with Gasteiger partial charge in [-0.1, -0.05) is 66.2 Å². The van der Waals surface area contributed by atoms with E-state index in [1.54, 1.807) is 9.13 Å². The summed E-state index contributed by atoms with van der Waals surface area (Å²) in [5, 5.41) is 0. The van der Waals surface area contributed by atoms with Crippen molar-refractivity contribution in [2.75, 3.05) is 0 Å². The lowest BCUT2D eigenvalue weighted by Crippen LogP contribution is -2.27. The summed E-state index contributed by atoms with van der Waals surface area (Å²) in [5.41, 5.74) is 5.22. The number of hydrogen-bond donors (Lipinski definition) is 0. The summed E-state index contributed by atoms with van der Waals surface area (Å²) in [6.07, 6.45) is 0. The second-order valence-electron chi connectivity index (χ2n) is 7.17. The highest BCUT2D eigenvalue weighted by Gasteiger charge is 2.17. The maximum Gasteiger partial charge on any atom is 0.329 e. The second-order valence-corrected chi connectivity index (χ2v) is 7.17. The molecule has 0 bridgehead atoms. The Balaban J connectivity index is 1.76. The molecule has 1 heterocycles. The molecule has 0 radical (unpaired) electrons. The molecule has 0 aliphatic carbocycles. The summed E-state index contributed by atoms with van der Waals surface area (Å²) in [4.78, 5) is 26.1. The van der Waals surface area contributed by atoms with Gasteiger partial charge in [0, 0.05) is 5.56 Å². The van der Waals surface area contributed by atoms with Crippen LogP contribution in [0.4, 0.5) is 0 Å². The number of aromatic nitrogens is 2. The van der Waals surface area contributed by atoms with E-state index in [2.05, 4.69) is 0 Å². The summed E-state index contributed by atoms with van der Waals surface area (Å²) >= 11 is 0. The number of imidazole rings is 1. The van der Waals surface area contributed by atoms with Gasteiger partial charge in [-0.3, -0.25) is 13.9 Å². The number of carbonyl (C=O) groups is 1. The number of rotatable bonds is 5. The maximum absolute atomic E-state index is 13.2. The molecule has 4 aromatic rings. The van der Waals surface area contributed by atoms with Crippen LogP contribution in [0.15, 0.2) is 77.6 Å². The molecule has 0 spiro atoms. The quantitative estimate of drug-likeness (QED) is 0.490. The second kappa shape index (κ2) is 7.31. The minimum Gasteiger partial charge on any atom is -0.292 e. The van der Waals surface area contributed by atoms with Crippen molar-refractivity contribution in [1.82, 2.24) is 9.13 Å².